The number of carbonyl (C=O) groups is 4. The molecular formula is C38H57N5O6S. The van der Waals surface area contributed by atoms with Gasteiger partial charge in [-0.2, -0.15) is 0 Å². The van der Waals surface area contributed by atoms with Crippen LogP contribution in [-0.4, -0.2) is 95.0 Å². The summed E-state index contributed by atoms with van der Waals surface area (Å²) in [5.41, 5.74) is 1.26. The van der Waals surface area contributed by atoms with Gasteiger partial charge >= 0.3 is 5.97 Å². The number of carboxylic acids is 1. The molecule has 1 aliphatic carbocycles. The molecule has 0 radical (unpaired) electrons. The number of likely N-dealkylation sites (N-methyl/N-ethyl adjacent to an activating group) is 2. The number of hydrogen-bond acceptors (Lipinski definition) is 8. The first-order chi connectivity index (χ1) is 23.9. The number of likely N-dealkylation sites (tertiary alicyclic amines) is 1. The van der Waals surface area contributed by atoms with E-state index in [9.17, 15) is 24.3 Å². The van der Waals surface area contributed by atoms with Gasteiger partial charge in [-0.15, -0.1) is 11.3 Å². The molecule has 0 bridgehead atoms. The van der Waals surface area contributed by atoms with Crippen molar-refractivity contribution in [3.8, 4) is 0 Å². The van der Waals surface area contributed by atoms with Crippen molar-refractivity contribution in [1.29, 1.82) is 0 Å². The molecule has 4 rings (SSSR count). The van der Waals surface area contributed by atoms with Crippen LogP contribution in [0.3, 0.4) is 0 Å². The first-order valence-corrected chi connectivity index (χ1v) is 19.2. The van der Waals surface area contributed by atoms with Gasteiger partial charge in [0, 0.05) is 37.5 Å². The van der Waals surface area contributed by atoms with Gasteiger partial charge < -0.3 is 25.4 Å². The topological polar surface area (TPSA) is 141 Å². The van der Waals surface area contributed by atoms with E-state index in [1.54, 1.807) is 17.2 Å². The Balaban J connectivity index is 1.46. The number of carboxylic acid groups (broad SMARTS) is 1. The van der Waals surface area contributed by atoms with Gasteiger partial charge in [-0.3, -0.25) is 24.1 Å². The molecule has 2 aromatic rings. The molecule has 2 heterocycles. The number of hydrogen-bond donors (Lipinski definition) is 3. The number of benzene rings is 1. The zero-order valence-electron chi connectivity index (χ0n) is 30.6. The smallest absolute Gasteiger partial charge is 0.306 e. The van der Waals surface area contributed by atoms with Gasteiger partial charge in [0.2, 0.25) is 11.8 Å². The van der Waals surface area contributed by atoms with Crippen molar-refractivity contribution in [3.63, 3.8) is 0 Å². The molecule has 1 saturated carbocycles. The van der Waals surface area contributed by atoms with E-state index in [4.69, 9.17) is 9.72 Å². The van der Waals surface area contributed by atoms with Crippen molar-refractivity contribution in [2.24, 2.45) is 17.8 Å². The zero-order chi connectivity index (χ0) is 36.4. The molecular weight excluding hydrogens is 655 g/mol. The first-order valence-electron chi connectivity index (χ1n) is 18.3. The van der Waals surface area contributed by atoms with Crippen molar-refractivity contribution in [1.82, 2.24) is 25.4 Å². The van der Waals surface area contributed by atoms with Crippen LogP contribution in [0.25, 0.3) is 0 Å². The monoisotopic (exact) mass is 711 g/mol. The molecule has 1 saturated heterocycles. The Morgan fingerprint density at radius 3 is 2.40 bits per heavy atom. The van der Waals surface area contributed by atoms with E-state index in [-0.39, 0.29) is 47.8 Å². The Hall–Kier alpha value is -3.35. The Morgan fingerprint density at radius 1 is 1.06 bits per heavy atom. The number of ether oxygens (including phenoxy) is 1. The Kier molecular flexibility index (Phi) is 14.8. The van der Waals surface area contributed by atoms with Crippen molar-refractivity contribution < 1.29 is 29.0 Å². The van der Waals surface area contributed by atoms with Crippen molar-refractivity contribution in [3.05, 3.63) is 52.0 Å². The highest BCUT2D eigenvalue weighted by Gasteiger charge is 2.38. The van der Waals surface area contributed by atoms with E-state index in [1.807, 2.05) is 51.4 Å². The maximum atomic E-state index is 14.1. The molecule has 3 amide bonds. The van der Waals surface area contributed by atoms with E-state index in [0.29, 0.717) is 36.8 Å². The largest absolute Gasteiger partial charge is 0.481 e. The lowest BCUT2D eigenvalue weighted by Gasteiger charge is -2.37. The third-order valence-electron chi connectivity index (χ3n) is 10.1. The Morgan fingerprint density at radius 2 is 1.78 bits per heavy atom. The second-order valence-electron chi connectivity index (χ2n) is 14.6. The normalized spacial score (nSPS) is 19.6. The number of nitrogens with zero attached hydrogens (tertiary/aromatic N) is 3. The van der Waals surface area contributed by atoms with Crippen LogP contribution in [0.15, 0.2) is 35.7 Å². The lowest BCUT2D eigenvalue weighted by Crippen LogP contribution is -2.56. The molecule has 276 valence electrons. The average Bonchev–Trinajstić information content (AvgIpc) is 3.77. The van der Waals surface area contributed by atoms with Gasteiger partial charge in [0.1, 0.15) is 22.8 Å². The van der Waals surface area contributed by atoms with Gasteiger partial charge in [0.05, 0.1) is 12.0 Å². The minimum atomic E-state index is -0.908. The van der Waals surface area contributed by atoms with Gasteiger partial charge in [0.25, 0.3) is 5.91 Å². The summed E-state index contributed by atoms with van der Waals surface area (Å²) in [7, 11) is 3.80. The summed E-state index contributed by atoms with van der Waals surface area (Å²) in [6, 6.07) is 8.30. The average molecular weight is 712 g/mol. The molecule has 1 aromatic carbocycles. The second-order valence-corrected chi connectivity index (χ2v) is 15.5. The zero-order valence-corrected chi connectivity index (χ0v) is 31.4. The molecule has 1 aliphatic heterocycles. The number of nitrogens with one attached hydrogen (secondary N) is 2. The molecule has 2 fully saturated rings. The van der Waals surface area contributed by atoms with Crippen LogP contribution in [0, 0.1) is 17.8 Å². The number of thiazole rings is 1. The van der Waals surface area contributed by atoms with Crippen molar-refractivity contribution >= 4 is 35.0 Å². The number of rotatable bonds is 19. The fourth-order valence-corrected chi connectivity index (χ4v) is 7.81. The molecule has 12 heteroatoms. The van der Waals surface area contributed by atoms with Crippen LogP contribution >= 0.6 is 11.3 Å². The van der Waals surface area contributed by atoms with Crippen LogP contribution in [0.5, 0.6) is 0 Å². The maximum absolute atomic E-state index is 14.1. The molecule has 50 heavy (non-hydrogen) atoms. The minimum Gasteiger partial charge on any atom is -0.481 e. The minimum absolute atomic E-state index is 0.0649. The second kappa shape index (κ2) is 18.8. The summed E-state index contributed by atoms with van der Waals surface area (Å²) in [6.07, 6.45) is 6.51. The SMILES string of the molecule is CCOC(CC(C(C)C)N(C)C(=O)C(CC1CC1)NC(=O)[C@H]1CCCCN1C)c1nc(C(=O)NC(Cc2ccccc2)CC(C)C(=O)O)cs1. The molecule has 5 unspecified atom stereocenters. The summed E-state index contributed by atoms with van der Waals surface area (Å²) in [5.74, 6) is -1.51. The van der Waals surface area contributed by atoms with Crippen LogP contribution in [0.2, 0.25) is 0 Å². The summed E-state index contributed by atoms with van der Waals surface area (Å²) in [6.45, 7) is 9.02. The highest BCUT2D eigenvalue weighted by atomic mass is 32.1. The molecule has 0 spiro atoms. The van der Waals surface area contributed by atoms with Crippen LogP contribution in [0.4, 0.5) is 0 Å². The van der Waals surface area contributed by atoms with E-state index in [0.717, 1.165) is 44.2 Å². The summed E-state index contributed by atoms with van der Waals surface area (Å²) in [4.78, 5) is 61.2. The van der Waals surface area contributed by atoms with Gasteiger partial charge in [-0.05, 0) is 70.0 Å². The summed E-state index contributed by atoms with van der Waals surface area (Å²) < 4.78 is 6.20. The van der Waals surface area contributed by atoms with Crippen LogP contribution in [-0.2, 0) is 25.5 Å². The lowest BCUT2D eigenvalue weighted by atomic mass is 9.95. The Bertz CT molecular complexity index is 1420. The number of aliphatic carboxylic acids is 1. The van der Waals surface area contributed by atoms with E-state index < -0.39 is 30.1 Å². The Labute approximate surface area is 301 Å². The number of amides is 3. The van der Waals surface area contributed by atoms with Crippen molar-refractivity contribution in [2.75, 3.05) is 27.2 Å². The lowest BCUT2D eigenvalue weighted by molar-refractivity contribution is -0.141. The highest BCUT2D eigenvalue weighted by molar-refractivity contribution is 7.09. The molecule has 2 aliphatic rings. The third-order valence-corrected chi connectivity index (χ3v) is 11.1. The number of piperidine rings is 1. The number of aromatic nitrogens is 1. The predicted octanol–water partition coefficient (Wildman–Crippen LogP) is 5.31. The molecule has 6 atom stereocenters. The summed E-state index contributed by atoms with van der Waals surface area (Å²) >= 11 is 1.34. The van der Waals surface area contributed by atoms with Crippen molar-refractivity contribution in [2.45, 2.75) is 116 Å². The van der Waals surface area contributed by atoms with E-state index in [1.165, 1.54) is 11.3 Å². The quantitative estimate of drug-likeness (QED) is 0.178. The van der Waals surface area contributed by atoms with Gasteiger partial charge in [-0.25, -0.2) is 4.98 Å². The van der Waals surface area contributed by atoms with Crippen LogP contribution < -0.4 is 10.6 Å². The van der Waals surface area contributed by atoms with Crippen LogP contribution in [0.1, 0.15) is 106 Å². The first kappa shape index (κ1) is 39.4. The predicted molar refractivity (Wildman–Crippen MR) is 195 cm³/mol. The number of carbonyl (C=O) groups excluding carboxylic acids is 3. The fraction of sp³-hybridized carbons (Fsp3) is 0.658. The standard InChI is InChI=1S/C38H57N5O6S/c1-7-49-33(36-41-30(23-50-36)34(44)39-28(19-25(4)38(47)48)20-26-13-9-8-10-14-26)22-32(24(2)3)43(6)37(46)29(21-27-16-17-27)40-35(45)31-15-11-12-18-42(31)5/h8-10,13-14,23-25,27-29,31-33H,7,11-12,15-22H2,1-6H3,(H,39,44)(H,40,45)(H,47,48)/t25?,28?,29?,31-,32?,33?/m1/s1. The van der Waals surface area contributed by atoms with E-state index >= 15 is 0 Å². The molecule has 11 nitrogen and oxygen atoms in total. The molecule has 1 aromatic heterocycles. The highest BCUT2D eigenvalue weighted by Crippen LogP contribution is 2.35. The van der Waals surface area contributed by atoms with Gasteiger partial charge in [0.15, 0.2) is 0 Å². The maximum Gasteiger partial charge on any atom is 0.306 e. The third kappa shape index (κ3) is 11.3. The van der Waals surface area contributed by atoms with Gasteiger partial charge in [-0.1, -0.05) is 70.4 Å². The fourth-order valence-electron chi connectivity index (χ4n) is 6.95. The van der Waals surface area contributed by atoms with E-state index in [2.05, 4.69) is 29.4 Å². The summed E-state index contributed by atoms with van der Waals surface area (Å²) in [5, 5.41) is 18.1. The molecule has 3 N–H and O–H groups in total.